The molecule has 1 aliphatic rings. The number of ether oxygens (including phenoxy) is 1. The van der Waals surface area contributed by atoms with Gasteiger partial charge in [-0.1, -0.05) is 44.2 Å². The minimum Gasteiger partial charge on any atom is -0.469 e. The van der Waals surface area contributed by atoms with Crippen LogP contribution in [0.5, 0.6) is 0 Å². The summed E-state index contributed by atoms with van der Waals surface area (Å²) in [6, 6.07) is 10.2. The van der Waals surface area contributed by atoms with Crippen LogP contribution < -0.4 is 5.32 Å². The second kappa shape index (κ2) is 4.39. The van der Waals surface area contributed by atoms with Gasteiger partial charge in [0.1, 0.15) is 5.76 Å². The largest absolute Gasteiger partial charge is 0.469 e. The first-order valence-corrected chi connectivity index (χ1v) is 5.44. The molecular formula is C13H17NO. The molecule has 1 aromatic rings. The highest BCUT2D eigenvalue weighted by Gasteiger charge is 2.18. The van der Waals surface area contributed by atoms with Crippen molar-refractivity contribution in [3.8, 4) is 0 Å². The van der Waals surface area contributed by atoms with Crippen molar-refractivity contribution < 1.29 is 4.74 Å². The van der Waals surface area contributed by atoms with Gasteiger partial charge in [0.25, 0.3) is 0 Å². The van der Waals surface area contributed by atoms with E-state index in [0.29, 0.717) is 5.92 Å². The summed E-state index contributed by atoms with van der Waals surface area (Å²) in [5, 5.41) is 3.25. The predicted octanol–water partition coefficient (Wildman–Crippen LogP) is 2.98. The molecule has 2 heteroatoms. The average molecular weight is 203 g/mol. The summed E-state index contributed by atoms with van der Waals surface area (Å²) < 4.78 is 5.81. The SMILES string of the molecule is CC(C)CC1NC=C(c2ccccc2)O1. The molecule has 0 aromatic heterocycles. The molecule has 15 heavy (non-hydrogen) atoms. The standard InChI is InChI=1S/C13H17NO/c1-10(2)8-13-14-9-12(15-13)11-6-4-3-5-7-11/h3-7,9-10,13-14H,8H2,1-2H3. The number of hydrogen-bond acceptors (Lipinski definition) is 2. The zero-order valence-electron chi connectivity index (χ0n) is 9.23. The molecule has 0 spiro atoms. The molecule has 2 rings (SSSR count). The average Bonchev–Trinajstić information content (AvgIpc) is 2.67. The van der Waals surface area contributed by atoms with Gasteiger partial charge >= 0.3 is 0 Å². The van der Waals surface area contributed by atoms with Crippen LogP contribution >= 0.6 is 0 Å². The van der Waals surface area contributed by atoms with E-state index in [1.165, 1.54) is 0 Å². The van der Waals surface area contributed by atoms with Gasteiger partial charge in [0.2, 0.25) is 0 Å². The quantitative estimate of drug-likeness (QED) is 0.815. The fourth-order valence-corrected chi connectivity index (χ4v) is 1.69. The number of hydrogen-bond donors (Lipinski definition) is 1. The van der Waals surface area contributed by atoms with Crippen LogP contribution in [-0.4, -0.2) is 6.23 Å². The van der Waals surface area contributed by atoms with Crippen molar-refractivity contribution in [3.63, 3.8) is 0 Å². The molecule has 0 saturated heterocycles. The van der Waals surface area contributed by atoms with Gasteiger partial charge in [-0.25, -0.2) is 0 Å². The van der Waals surface area contributed by atoms with E-state index in [1.54, 1.807) is 0 Å². The summed E-state index contributed by atoms with van der Waals surface area (Å²) in [6.07, 6.45) is 3.13. The summed E-state index contributed by atoms with van der Waals surface area (Å²) in [5.74, 6) is 1.59. The first kappa shape index (κ1) is 10.1. The van der Waals surface area contributed by atoms with Gasteiger partial charge in [-0.3, -0.25) is 0 Å². The fourth-order valence-electron chi connectivity index (χ4n) is 1.69. The Hall–Kier alpha value is -1.44. The first-order chi connectivity index (χ1) is 7.25. The van der Waals surface area contributed by atoms with Crippen LogP contribution in [0.25, 0.3) is 5.76 Å². The molecule has 1 aliphatic heterocycles. The highest BCUT2D eigenvalue weighted by Crippen LogP contribution is 2.23. The molecule has 0 radical (unpaired) electrons. The molecule has 2 nitrogen and oxygen atoms in total. The van der Waals surface area contributed by atoms with E-state index in [2.05, 4.69) is 31.3 Å². The molecule has 0 amide bonds. The van der Waals surface area contributed by atoms with Crippen molar-refractivity contribution in [2.75, 3.05) is 0 Å². The normalized spacial score (nSPS) is 19.7. The van der Waals surface area contributed by atoms with Gasteiger partial charge in [0.05, 0.1) is 0 Å². The molecular weight excluding hydrogens is 186 g/mol. The zero-order valence-corrected chi connectivity index (χ0v) is 9.23. The van der Waals surface area contributed by atoms with E-state index in [0.717, 1.165) is 17.7 Å². The van der Waals surface area contributed by atoms with Crippen molar-refractivity contribution in [2.45, 2.75) is 26.5 Å². The topological polar surface area (TPSA) is 21.3 Å². The minimum atomic E-state index is 0.139. The zero-order chi connectivity index (χ0) is 10.7. The van der Waals surface area contributed by atoms with Crippen LogP contribution in [0, 0.1) is 5.92 Å². The van der Waals surface area contributed by atoms with Crippen molar-refractivity contribution in [1.29, 1.82) is 0 Å². The van der Waals surface area contributed by atoms with E-state index >= 15 is 0 Å². The molecule has 1 aromatic carbocycles. The van der Waals surface area contributed by atoms with E-state index in [9.17, 15) is 0 Å². The van der Waals surface area contributed by atoms with E-state index < -0.39 is 0 Å². The van der Waals surface area contributed by atoms with Crippen molar-refractivity contribution in [3.05, 3.63) is 42.1 Å². The Balaban J connectivity index is 1.98. The van der Waals surface area contributed by atoms with Crippen LogP contribution in [0.3, 0.4) is 0 Å². The molecule has 0 saturated carbocycles. The van der Waals surface area contributed by atoms with Crippen LogP contribution in [0.15, 0.2) is 36.5 Å². The predicted molar refractivity (Wildman–Crippen MR) is 61.9 cm³/mol. The maximum absolute atomic E-state index is 5.81. The summed E-state index contributed by atoms with van der Waals surface area (Å²) in [6.45, 7) is 4.40. The summed E-state index contributed by atoms with van der Waals surface area (Å²) in [7, 11) is 0. The second-order valence-corrected chi connectivity index (χ2v) is 4.28. The van der Waals surface area contributed by atoms with Crippen LogP contribution in [-0.2, 0) is 4.74 Å². The fraction of sp³-hybridized carbons (Fsp3) is 0.385. The Morgan fingerprint density at radius 3 is 2.67 bits per heavy atom. The Labute approximate surface area is 91.0 Å². The van der Waals surface area contributed by atoms with Crippen LogP contribution in [0.2, 0.25) is 0 Å². The molecule has 1 unspecified atom stereocenters. The van der Waals surface area contributed by atoms with Gasteiger partial charge in [0.15, 0.2) is 6.23 Å². The monoisotopic (exact) mass is 203 g/mol. The lowest BCUT2D eigenvalue weighted by Crippen LogP contribution is -2.22. The van der Waals surface area contributed by atoms with Crippen molar-refractivity contribution in [2.24, 2.45) is 5.92 Å². The van der Waals surface area contributed by atoms with Crippen molar-refractivity contribution >= 4 is 5.76 Å². The van der Waals surface area contributed by atoms with Crippen molar-refractivity contribution in [1.82, 2.24) is 5.32 Å². The van der Waals surface area contributed by atoms with Gasteiger partial charge in [-0.15, -0.1) is 0 Å². The maximum atomic E-state index is 5.81. The highest BCUT2D eigenvalue weighted by molar-refractivity contribution is 5.60. The molecule has 80 valence electrons. The Bertz CT molecular complexity index is 343. The summed E-state index contributed by atoms with van der Waals surface area (Å²) in [5.41, 5.74) is 1.14. The third-order valence-corrected chi connectivity index (χ3v) is 2.41. The molecule has 1 atom stereocenters. The Kier molecular flexibility index (Phi) is 2.95. The summed E-state index contributed by atoms with van der Waals surface area (Å²) in [4.78, 5) is 0. The molecule has 0 fully saturated rings. The van der Waals surface area contributed by atoms with Crippen LogP contribution in [0.4, 0.5) is 0 Å². The van der Waals surface area contributed by atoms with E-state index in [4.69, 9.17) is 4.74 Å². The lowest BCUT2D eigenvalue weighted by Gasteiger charge is -2.15. The van der Waals surface area contributed by atoms with Crippen LogP contribution in [0.1, 0.15) is 25.8 Å². The lowest BCUT2D eigenvalue weighted by atomic mass is 10.1. The Morgan fingerprint density at radius 1 is 1.27 bits per heavy atom. The molecule has 0 aliphatic carbocycles. The molecule has 1 N–H and O–H groups in total. The number of benzene rings is 1. The third kappa shape index (κ3) is 2.52. The van der Waals surface area contributed by atoms with Gasteiger partial charge < -0.3 is 10.1 Å². The van der Waals surface area contributed by atoms with Gasteiger partial charge in [0, 0.05) is 18.2 Å². The van der Waals surface area contributed by atoms with E-state index in [-0.39, 0.29) is 6.23 Å². The second-order valence-electron chi connectivity index (χ2n) is 4.28. The first-order valence-electron chi connectivity index (χ1n) is 5.44. The Morgan fingerprint density at radius 2 is 2.00 bits per heavy atom. The smallest absolute Gasteiger partial charge is 0.169 e. The molecule has 0 bridgehead atoms. The number of rotatable bonds is 3. The highest BCUT2D eigenvalue weighted by atomic mass is 16.5. The van der Waals surface area contributed by atoms with Gasteiger partial charge in [-0.05, 0) is 5.92 Å². The minimum absolute atomic E-state index is 0.139. The maximum Gasteiger partial charge on any atom is 0.169 e. The summed E-state index contributed by atoms with van der Waals surface area (Å²) >= 11 is 0. The molecule has 1 heterocycles. The lowest BCUT2D eigenvalue weighted by molar-refractivity contribution is 0.146. The third-order valence-electron chi connectivity index (χ3n) is 2.41. The number of nitrogens with one attached hydrogen (secondary N) is 1. The van der Waals surface area contributed by atoms with E-state index in [1.807, 2.05) is 24.4 Å². The van der Waals surface area contributed by atoms with Gasteiger partial charge in [-0.2, -0.15) is 0 Å².